The summed E-state index contributed by atoms with van der Waals surface area (Å²) in [5.74, 6) is 0.168. The number of carbonyl (C=O) groups excluding carboxylic acids is 2. The normalized spacial score (nSPS) is 17.3. The third kappa shape index (κ3) is 4.83. The smallest absolute Gasteiger partial charge is 0.340 e. The average Bonchev–Trinajstić information content (AvgIpc) is 3.28. The van der Waals surface area contributed by atoms with Crippen LogP contribution in [0.25, 0.3) is 11.8 Å². The maximum atomic E-state index is 13.5. The number of esters is 1. The monoisotopic (exact) mass is 474 g/mol. The number of aromatic nitrogens is 1. The van der Waals surface area contributed by atoms with E-state index in [1.54, 1.807) is 12.0 Å². The maximum Gasteiger partial charge on any atom is 0.340 e. The van der Waals surface area contributed by atoms with Crippen molar-refractivity contribution in [3.8, 4) is 11.4 Å². The number of rotatable bonds is 7. The molecule has 0 spiro atoms. The predicted octanol–water partition coefficient (Wildman–Crippen LogP) is 5.67. The van der Waals surface area contributed by atoms with Crippen LogP contribution in [0.3, 0.4) is 0 Å². The van der Waals surface area contributed by atoms with Crippen LogP contribution in [0.5, 0.6) is 5.75 Å². The molecule has 0 N–H and O–H groups in total. The molecule has 2 heterocycles. The highest BCUT2D eigenvalue weighted by Crippen LogP contribution is 2.34. The highest BCUT2D eigenvalue weighted by Gasteiger charge is 2.37. The van der Waals surface area contributed by atoms with Gasteiger partial charge in [-0.2, -0.15) is 0 Å². The Bertz CT molecular complexity index is 1230. The summed E-state index contributed by atoms with van der Waals surface area (Å²) in [5, 5.41) is 0. The molecule has 1 aliphatic heterocycles. The van der Waals surface area contributed by atoms with Crippen LogP contribution in [0.4, 0.5) is 0 Å². The third-order valence-corrected chi connectivity index (χ3v) is 7.04. The Morgan fingerprint density at radius 3 is 2.46 bits per heavy atom. The van der Waals surface area contributed by atoms with Gasteiger partial charge in [0.1, 0.15) is 5.75 Å². The molecule has 0 fully saturated rings. The van der Waals surface area contributed by atoms with Crippen molar-refractivity contribution < 1.29 is 19.1 Å². The highest BCUT2D eigenvalue weighted by atomic mass is 16.5. The number of aryl methyl sites for hydroxylation is 1. The largest absolute Gasteiger partial charge is 0.497 e. The average molecular weight is 475 g/mol. The molecular weight excluding hydrogens is 440 g/mol. The summed E-state index contributed by atoms with van der Waals surface area (Å²) >= 11 is 0. The minimum Gasteiger partial charge on any atom is -0.497 e. The number of allylic oxidation sites excluding steroid dienone is 2. The molecule has 6 nitrogen and oxygen atoms in total. The first-order chi connectivity index (χ1) is 16.8. The number of amides is 1. The second kappa shape index (κ2) is 10.4. The van der Waals surface area contributed by atoms with Crippen LogP contribution in [-0.2, 0) is 14.3 Å². The minimum absolute atomic E-state index is 0.145. The lowest BCUT2D eigenvalue weighted by Gasteiger charge is -2.20. The molecule has 0 saturated carbocycles. The number of methoxy groups -OCH3 is 2. The first-order valence-electron chi connectivity index (χ1n) is 12.2. The zero-order chi connectivity index (χ0) is 25.1. The first-order valence-corrected chi connectivity index (χ1v) is 12.2. The molecule has 1 amide bonds. The lowest BCUT2D eigenvalue weighted by atomic mass is 9.97. The Balaban J connectivity index is 1.68. The number of benzene rings is 1. The zero-order valence-corrected chi connectivity index (χ0v) is 21.3. The van der Waals surface area contributed by atoms with Crippen molar-refractivity contribution in [2.45, 2.75) is 52.9 Å². The standard InChI is InChI=1S/C29H34N2O4/c1-19-17-23(20(2)31(19)24-11-13-25(34-4)14-12-24)18-26-27(29(33)35-5)21(3)30(28(26)32)16-15-22-9-7-6-8-10-22/h9,11-14,17-18H,6-8,10,15-16H2,1-5H3. The summed E-state index contributed by atoms with van der Waals surface area (Å²) in [6, 6.07) is 9.89. The molecular formula is C29H34N2O4. The first kappa shape index (κ1) is 24.6. The topological polar surface area (TPSA) is 60.8 Å². The van der Waals surface area contributed by atoms with E-state index in [4.69, 9.17) is 9.47 Å². The maximum absolute atomic E-state index is 13.5. The summed E-state index contributed by atoms with van der Waals surface area (Å²) in [5.41, 5.74) is 6.72. The van der Waals surface area contributed by atoms with Crippen LogP contribution in [-0.4, -0.2) is 42.1 Å². The zero-order valence-electron chi connectivity index (χ0n) is 21.3. The fourth-order valence-corrected chi connectivity index (χ4v) is 5.10. The minimum atomic E-state index is -0.481. The molecule has 2 aliphatic rings. The van der Waals surface area contributed by atoms with Gasteiger partial charge in [0.2, 0.25) is 0 Å². The van der Waals surface area contributed by atoms with Gasteiger partial charge in [-0.1, -0.05) is 11.6 Å². The Hall–Kier alpha value is -3.54. The fourth-order valence-electron chi connectivity index (χ4n) is 5.10. The molecule has 1 aromatic carbocycles. The quantitative estimate of drug-likeness (QED) is 0.295. The second-order valence-corrected chi connectivity index (χ2v) is 9.18. The van der Waals surface area contributed by atoms with Gasteiger partial charge in [-0.05, 0) is 94.8 Å². The molecule has 0 unspecified atom stereocenters. The highest BCUT2D eigenvalue weighted by molar-refractivity contribution is 6.16. The van der Waals surface area contributed by atoms with E-state index < -0.39 is 5.97 Å². The summed E-state index contributed by atoms with van der Waals surface area (Å²) < 4.78 is 12.5. The summed E-state index contributed by atoms with van der Waals surface area (Å²) in [6.07, 6.45) is 9.61. The van der Waals surface area contributed by atoms with Crippen molar-refractivity contribution in [1.82, 2.24) is 9.47 Å². The van der Waals surface area contributed by atoms with Gasteiger partial charge < -0.3 is 18.9 Å². The Morgan fingerprint density at radius 2 is 1.83 bits per heavy atom. The number of ether oxygens (including phenoxy) is 2. The Kier molecular flexibility index (Phi) is 7.29. The van der Waals surface area contributed by atoms with Crippen molar-refractivity contribution in [3.05, 3.63) is 75.8 Å². The van der Waals surface area contributed by atoms with Gasteiger partial charge in [0.25, 0.3) is 5.91 Å². The van der Waals surface area contributed by atoms with Gasteiger partial charge in [0.15, 0.2) is 0 Å². The van der Waals surface area contributed by atoms with Crippen molar-refractivity contribution in [2.24, 2.45) is 0 Å². The number of hydrogen-bond acceptors (Lipinski definition) is 4. The van der Waals surface area contributed by atoms with E-state index in [-0.39, 0.29) is 5.91 Å². The van der Waals surface area contributed by atoms with Gasteiger partial charge in [-0.25, -0.2) is 4.79 Å². The van der Waals surface area contributed by atoms with Gasteiger partial charge in [-0.15, -0.1) is 0 Å². The fraction of sp³-hybridized carbons (Fsp3) is 0.379. The summed E-state index contributed by atoms with van der Waals surface area (Å²) in [6.45, 7) is 6.45. The van der Waals surface area contributed by atoms with E-state index in [2.05, 4.69) is 10.6 Å². The van der Waals surface area contributed by atoms with Gasteiger partial charge in [-0.3, -0.25) is 4.79 Å². The van der Waals surface area contributed by atoms with Crippen LogP contribution in [0.1, 0.15) is 56.0 Å². The summed E-state index contributed by atoms with van der Waals surface area (Å²) in [7, 11) is 3.00. The molecule has 6 heteroatoms. The molecule has 2 aromatic rings. The lowest BCUT2D eigenvalue weighted by molar-refractivity contribution is -0.136. The van der Waals surface area contributed by atoms with Crippen LogP contribution in [0, 0.1) is 13.8 Å². The molecule has 0 bridgehead atoms. The third-order valence-electron chi connectivity index (χ3n) is 7.04. The van der Waals surface area contributed by atoms with E-state index in [0.29, 0.717) is 23.4 Å². The Morgan fingerprint density at radius 1 is 1.09 bits per heavy atom. The van der Waals surface area contributed by atoms with Crippen molar-refractivity contribution >= 4 is 18.0 Å². The van der Waals surface area contributed by atoms with Crippen LogP contribution in [0.15, 0.2) is 58.8 Å². The molecule has 4 rings (SSSR count). The predicted molar refractivity (Wildman–Crippen MR) is 137 cm³/mol. The van der Waals surface area contributed by atoms with E-state index in [9.17, 15) is 9.59 Å². The number of carbonyl (C=O) groups is 2. The molecule has 1 aliphatic carbocycles. The van der Waals surface area contributed by atoms with Gasteiger partial charge >= 0.3 is 5.97 Å². The lowest BCUT2D eigenvalue weighted by Crippen LogP contribution is -2.26. The van der Waals surface area contributed by atoms with Crippen molar-refractivity contribution in [1.29, 1.82) is 0 Å². The van der Waals surface area contributed by atoms with E-state index in [1.807, 2.05) is 57.2 Å². The SMILES string of the molecule is COC(=O)C1=C(C)N(CCC2=CCCCC2)C(=O)C1=Cc1cc(C)n(-c2ccc(OC)cc2)c1C. The molecule has 0 atom stereocenters. The molecule has 184 valence electrons. The van der Waals surface area contributed by atoms with E-state index in [0.717, 1.165) is 47.7 Å². The van der Waals surface area contributed by atoms with E-state index >= 15 is 0 Å². The van der Waals surface area contributed by atoms with Crippen LogP contribution in [0.2, 0.25) is 0 Å². The number of nitrogens with zero attached hydrogens (tertiary/aromatic N) is 2. The van der Waals surface area contributed by atoms with Crippen LogP contribution < -0.4 is 4.74 Å². The molecule has 0 saturated heterocycles. The Labute approximate surface area is 207 Å². The van der Waals surface area contributed by atoms with Gasteiger partial charge in [0, 0.05) is 29.3 Å². The molecule has 0 radical (unpaired) electrons. The van der Waals surface area contributed by atoms with Crippen molar-refractivity contribution in [2.75, 3.05) is 20.8 Å². The van der Waals surface area contributed by atoms with Crippen molar-refractivity contribution in [3.63, 3.8) is 0 Å². The van der Waals surface area contributed by atoms with E-state index in [1.165, 1.54) is 25.5 Å². The summed E-state index contributed by atoms with van der Waals surface area (Å²) in [4.78, 5) is 28.0. The number of hydrogen-bond donors (Lipinski definition) is 0. The second-order valence-electron chi connectivity index (χ2n) is 9.18. The van der Waals surface area contributed by atoms with Gasteiger partial charge in [0.05, 0.1) is 25.4 Å². The molecule has 1 aromatic heterocycles. The molecule has 35 heavy (non-hydrogen) atoms. The van der Waals surface area contributed by atoms with Crippen LogP contribution >= 0.6 is 0 Å².